The van der Waals surface area contributed by atoms with Crippen LogP contribution in [0.5, 0.6) is 0 Å². The summed E-state index contributed by atoms with van der Waals surface area (Å²) in [5.74, 6) is 0. The van der Waals surface area contributed by atoms with Crippen molar-refractivity contribution >= 4 is 33.2 Å². The zero-order chi connectivity index (χ0) is 15.8. The summed E-state index contributed by atoms with van der Waals surface area (Å²) >= 11 is 11.9. The third-order valence-corrected chi connectivity index (χ3v) is 5.64. The van der Waals surface area contributed by atoms with E-state index in [9.17, 15) is 8.42 Å². The Hall–Kier alpha value is -1.08. The first-order chi connectivity index (χ1) is 9.74. The van der Waals surface area contributed by atoms with E-state index < -0.39 is 10.0 Å². The highest BCUT2D eigenvalue weighted by atomic mass is 35.5. The fourth-order valence-corrected chi connectivity index (χ4v) is 4.19. The van der Waals surface area contributed by atoms with E-state index in [0.717, 1.165) is 17.0 Å². The van der Waals surface area contributed by atoms with E-state index in [0.29, 0.717) is 0 Å². The maximum Gasteiger partial charge on any atom is 0.243 e. The van der Waals surface area contributed by atoms with Gasteiger partial charge in [0.1, 0.15) is 4.90 Å². The van der Waals surface area contributed by atoms with Crippen molar-refractivity contribution in [3.05, 3.63) is 45.2 Å². The first-order valence-electron chi connectivity index (χ1n) is 6.17. The lowest BCUT2D eigenvalue weighted by atomic mass is 10.2. The molecule has 1 N–H and O–H groups in total. The van der Waals surface area contributed by atoms with Crippen LogP contribution in [0.2, 0.25) is 10.0 Å². The van der Waals surface area contributed by atoms with Gasteiger partial charge in [-0.05, 0) is 26.0 Å². The number of nitrogens with one attached hydrogen (secondary N) is 1. The lowest BCUT2D eigenvalue weighted by molar-refractivity contribution is 0.581. The van der Waals surface area contributed by atoms with Gasteiger partial charge in [0.2, 0.25) is 10.0 Å². The van der Waals surface area contributed by atoms with Crippen molar-refractivity contribution in [3.63, 3.8) is 0 Å². The molecule has 2 rings (SSSR count). The average Bonchev–Trinajstić information content (AvgIpc) is 2.60. The van der Waals surface area contributed by atoms with Crippen LogP contribution in [0.25, 0.3) is 0 Å². The number of aryl methyl sites for hydroxylation is 2. The van der Waals surface area contributed by atoms with Gasteiger partial charge in [0, 0.05) is 24.8 Å². The summed E-state index contributed by atoms with van der Waals surface area (Å²) in [6.45, 7) is 3.85. The molecule has 8 heteroatoms. The Kier molecular flexibility index (Phi) is 4.63. The average molecular weight is 348 g/mol. The molecule has 21 heavy (non-hydrogen) atoms. The minimum Gasteiger partial charge on any atom is -0.272 e. The van der Waals surface area contributed by atoms with Crippen molar-refractivity contribution in [3.8, 4) is 0 Å². The summed E-state index contributed by atoms with van der Waals surface area (Å²) in [6.07, 6.45) is 0. The largest absolute Gasteiger partial charge is 0.272 e. The van der Waals surface area contributed by atoms with E-state index in [4.69, 9.17) is 23.2 Å². The predicted molar refractivity (Wildman–Crippen MR) is 83.2 cm³/mol. The predicted octanol–water partition coefficient (Wildman–Crippen LogP) is 2.82. The summed E-state index contributed by atoms with van der Waals surface area (Å²) in [6, 6.07) is 4.57. The first-order valence-corrected chi connectivity index (χ1v) is 8.40. The number of rotatable bonds is 4. The summed E-state index contributed by atoms with van der Waals surface area (Å²) in [5.41, 5.74) is 2.52. The summed E-state index contributed by atoms with van der Waals surface area (Å²) < 4.78 is 29.0. The van der Waals surface area contributed by atoms with Gasteiger partial charge in [-0.25, -0.2) is 13.1 Å². The Morgan fingerprint density at radius 1 is 1.24 bits per heavy atom. The molecule has 0 aliphatic rings. The molecule has 0 atom stereocenters. The van der Waals surface area contributed by atoms with Crippen molar-refractivity contribution in [1.29, 1.82) is 0 Å². The molecule has 0 radical (unpaired) electrons. The number of halogens is 2. The Balaban J connectivity index is 2.31. The minimum absolute atomic E-state index is 0.0923. The maximum atomic E-state index is 12.4. The molecule has 0 bridgehead atoms. The molecule has 0 saturated carbocycles. The smallest absolute Gasteiger partial charge is 0.243 e. The standard InChI is InChI=1S/C13H15Cl2N3O2S/c1-8-10(9(2)18(3)17-8)7-16-21(19,20)13-11(14)5-4-6-12(13)15/h4-6,16H,7H2,1-3H3. The van der Waals surface area contributed by atoms with Gasteiger partial charge in [0.15, 0.2) is 0 Å². The molecule has 114 valence electrons. The highest BCUT2D eigenvalue weighted by Crippen LogP contribution is 2.29. The van der Waals surface area contributed by atoms with Crippen LogP contribution in [-0.2, 0) is 23.6 Å². The van der Waals surface area contributed by atoms with Gasteiger partial charge in [-0.2, -0.15) is 5.10 Å². The molecule has 0 saturated heterocycles. The van der Waals surface area contributed by atoms with Crippen LogP contribution in [-0.4, -0.2) is 18.2 Å². The van der Waals surface area contributed by atoms with Crippen LogP contribution in [0.1, 0.15) is 17.0 Å². The van der Waals surface area contributed by atoms with Gasteiger partial charge < -0.3 is 0 Å². The minimum atomic E-state index is -3.80. The van der Waals surface area contributed by atoms with E-state index in [-0.39, 0.29) is 21.5 Å². The Morgan fingerprint density at radius 3 is 2.29 bits per heavy atom. The number of nitrogens with zero attached hydrogens (tertiary/aromatic N) is 2. The van der Waals surface area contributed by atoms with Gasteiger partial charge in [-0.1, -0.05) is 29.3 Å². The quantitative estimate of drug-likeness (QED) is 0.924. The van der Waals surface area contributed by atoms with E-state index in [1.54, 1.807) is 10.7 Å². The van der Waals surface area contributed by atoms with E-state index in [1.807, 2.05) is 20.9 Å². The number of hydrogen-bond acceptors (Lipinski definition) is 3. The van der Waals surface area contributed by atoms with Crippen LogP contribution in [0.15, 0.2) is 23.1 Å². The molecule has 0 spiro atoms. The van der Waals surface area contributed by atoms with Crippen molar-refractivity contribution in [2.24, 2.45) is 7.05 Å². The molecule has 0 fully saturated rings. The molecule has 0 aliphatic heterocycles. The monoisotopic (exact) mass is 347 g/mol. The third kappa shape index (κ3) is 3.23. The van der Waals surface area contributed by atoms with Gasteiger partial charge in [-0.15, -0.1) is 0 Å². The van der Waals surface area contributed by atoms with Crippen molar-refractivity contribution < 1.29 is 8.42 Å². The molecule has 2 aromatic rings. The van der Waals surface area contributed by atoms with Crippen LogP contribution >= 0.6 is 23.2 Å². The van der Waals surface area contributed by atoms with Crippen LogP contribution < -0.4 is 4.72 Å². The molecule has 0 aliphatic carbocycles. The molecule has 5 nitrogen and oxygen atoms in total. The van der Waals surface area contributed by atoms with Gasteiger partial charge in [-0.3, -0.25) is 4.68 Å². The van der Waals surface area contributed by atoms with Crippen LogP contribution in [0, 0.1) is 13.8 Å². The molecule has 0 amide bonds. The second-order valence-electron chi connectivity index (χ2n) is 4.65. The number of hydrogen-bond donors (Lipinski definition) is 1. The second-order valence-corrected chi connectivity index (χ2v) is 7.17. The molecular weight excluding hydrogens is 333 g/mol. The highest BCUT2D eigenvalue weighted by Gasteiger charge is 2.22. The Morgan fingerprint density at radius 2 is 1.81 bits per heavy atom. The molecule has 1 heterocycles. The van der Waals surface area contributed by atoms with Crippen LogP contribution in [0.3, 0.4) is 0 Å². The topological polar surface area (TPSA) is 64.0 Å². The lowest BCUT2D eigenvalue weighted by Crippen LogP contribution is -2.24. The van der Waals surface area contributed by atoms with Gasteiger partial charge in [0.05, 0.1) is 15.7 Å². The summed E-state index contributed by atoms with van der Waals surface area (Å²) in [4.78, 5) is -0.104. The van der Waals surface area contributed by atoms with Crippen molar-refractivity contribution in [1.82, 2.24) is 14.5 Å². The lowest BCUT2D eigenvalue weighted by Gasteiger charge is -2.10. The highest BCUT2D eigenvalue weighted by molar-refractivity contribution is 7.89. The van der Waals surface area contributed by atoms with E-state index in [2.05, 4.69) is 9.82 Å². The number of sulfonamides is 1. The Bertz CT molecular complexity index is 765. The molecule has 1 aromatic carbocycles. The summed E-state index contributed by atoms with van der Waals surface area (Å²) in [7, 11) is -1.98. The van der Waals surface area contributed by atoms with Gasteiger partial charge in [0.25, 0.3) is 0 Å². The number of aromatic nitrogens is 2. The number of benzene rings is 1. The molecular formula is C13H15Cl2N3O2S. The Labute approximate surface area is 133 Å². The SMILES string of the molecule is Cc1nn(C)c(C)c1CNS(=O)(=O)c1c(Cl)cccc1Cl. The summed E-state index contributed by atoms with van der Waals surface area (Å²) in [5, 5.41) is 4.43. The van der Waals surface area contributed by atoms with Crippen LogP contribution in [0.4, 0.5) is 0 Å². The molecule has 0 unspecified atom stereocenters. The fraction of sp³-hybridized carbons (Fsp3) is 0.308. The maximum absolute atomic E-state index is 12.4. The van der Waals surface area contributed by atoms with E-state index in [1.165, 1.54) is 12.1 Å². The zero-order valence-corrected chi connectivity index (χ0v) is 14.1. The van der Waals surface area contributed by atoms with E-state index >= 15 is 0 Å². The third-order valence-electron chi connectivity index (χ3n) is 3.29. The van der Waals surface area contributed by atoms with Crippen molar-refractivity contribution in [2.45, 2.75) is 25.3 Å². The zero-order valence-electron chi connectivity index (χ0n) is 11.8. The first kappa shape index (κ1) is 16.3. The van der Waals surface area contributed by atoms with Gasteiger partial charge >= 0.3 is 0 Å². The molecule has 1 aromatic heterocycles. The normalized spacial score (nSPS) is 11.9. The second kappa shape index (κ2) is 5.96. The van der Waals surface area contributed by atoms with Crippen molar-refractivity contribution in [2.75, 3.05) is 0 Å². The fourth-order valence-electron chi connectivity index (χ4n) is 2.05.